The van der Waals surface area contributed by atoms with Crippen LogP contribution in [0.1, 0.15) is 27.7 Å². The summed E-state index contributed by atoms with van der Waals surface area (Å²) in [5.41, 5.74) is 0. The van der Waals surface area contributed by atoms with Gasteiger partial charge in [0.25, 0.3) is 0 Å². The van der Waals surface area contributed by atoms with Gasteiger partial charge in [0.15, 0.2) is 0 Å². The first-order valence-corrected chi connectivity index (χ1v) is 7.17. The summed E-state index contributed by atoms with van der Waals surface area (Å²) in [5, 5.41) is 14.8. The highest BCUT2D eigenvalue weighted by atomic mass is 31.2. The third kappa shape index (κ3) is 7.97. The van der Waals surface area contributed by atoms with Crippen molar-refractivity contribution in [3.8, 4) is 0 Å². The largest absolute Gasteiger partial charge is 0.356 e. The number of rotatable bonds is 4. The molecule has 0 aliphatic heterocycles. The first kappa shape index (κ1) is 15.1. The van der Waals surface area contributed by atoms with E-state index in [1.807, 2.05) is 0 Å². The van der Waals surface area contributed by atoms with Gasteiger partial charge in [-0.25, -0.2) is 0 Å². The van der Waals surface area contributed by atoms with Gasteiger partial charge in [0.1, 0.15) is 0 Å². The summed E-state index contributed by atoms with van der Waals surface area (Å²) < 4.78 is 0. The molecule has 0 atom stereocenters. The monoisotopic (exact) mass is 209 g/mol. The van der Waals surface area contributed by atoms with Crippen molar-refractivity contribution in [3.63, 3.8) is 0 Å². The molecule has 4 nitrogen and oxygen atoms in total. The first-order valence-electron chi connectivity index (χ1n) is 4.64. The molecule has 0 amide bonds. The second-order valence-corrected chi connectivity index (χ2v) is 8.04. The molecule has 0 saturated heterocycles. The molecule has 0 saturated carbocycles. The van der Waals surface area contributed by atoms with E-state index in [9.17, 15) is 0 Å². The topological polar surface area (TPSA) is 66.2 Å². The molecule has 0 N–H and O–H groups in total. The highest BCUT2D eigenvalue weighted by molar-refractivity contribution is 7.75. The molecule has 0 aliphatic carbocycles. The van der Waals surface area contributed by atoms with Crippen LogP contribution >= 0.6 is 7.26 Å². The summed E-state index contributed by atoms with van der Waals surface area (Å²) in [5.74, 6) is 0. The quantitative estimate of drug-likeness (QED) is 0.406. The SMILES string of the molecule is CC[P+](CC)(CC)CC.O=[N+]([O-])[O-]. The van der Waals surface area contributed by atoms with Crippen molar-refractivity contribution in [3.05, 3.63) is 15.3 Å². The van der Waals surface area contributed by atoms with Gasteiger partial charge in [-0.05, 0) is 27.7 Å². The Kier molecular flexibility index (Phi) is 9.58. The van der Waals surface area contributed by atoms with Crippen molar-refractivity contribution in [2.45, 2.75) is 27.7 Å². The molecule has 0 rings (SSSR count). The summed E-state index contributed by atoms with van der Waals surface area (Å²) in [4.78, 5) is 8.25. The molecular formula is C8H20NO3P. The summed E-state index contributed by atoms with van der Waals surface area (Å²) in [6, 6.07) is 0. The van der Waals surface area contributed by atoms with E-state index in [2.05, 4.69) is 27.7 Å². The minimum Gasteiger partial charge on any atom is -0.356 e. The van der Waals surface area contributed by atoms with Crippen molar-refractivity contribution < 1.29 is 5.09 Å². The average Bonchev–Trinajstić information content (AvgIpc) is 2.09. The molecule has 0 radical (unpaired) electrons. The lowest BCUT2D eigenvalue weighted by molar-refractivity contribution is -0.402. The van der Waals surface area contributed by atoms with Gasteiger partial charge in [-0.15, -0.1) is 0 Å². The van der Waals surface area contributed by atoms with Crippen LogP contribution in [0.15, 0.2) is 0 Å². The number of hydrogen-bond donors (Lipinski definition) is 0. The normalized spacial score (nSPS) is 10.2. The van der Waals surface area contributed by atoms with Crippen LogP contribution in [-0.2, 0) is 0 Å². The summed E-state index contributed by atoms with van der Waals surface area (Å²) in [6.07, 6.45) is 5.82. The lowest BCUT2D eigenvalue weighted by Crippen LogP contribution is -2.04. The fraction of sp³-hybridized carbons (Fsp3) is 1.00. The molecular weight excluding hydrogens is 189 g/mol. The minimum atomic E-state index is -1.75. The number of nitrogens with zero attached hydrogens (tertiary/aromatic N) is 1. The lowest BCUT2D eigenvalue weighted by Gasteiger charge is -2.20. The standard InChI is InChI=1S/C8H20P.NO3/c1-5-9(6-2,7-3)8-4;2-1(3)4/h5-8H2,1-4H3;/q+1;-1. The molecule has 0 bridgehead atoms. The van der Waals surface area contributed by atoms with Gasteiger partial charge in [-0.1, -0.05) is 0 Å². The Bertz CT molecular complexity index is 116. The fourth-order valence-corrected chi connectivity index (χ4v) is 4.02. The van der Waals surface area contributed by atoms with Crippen LogP contribution in [-0.4, -0.2) is 29.7 Å². The van der Waals surface area contributed by atoms with E-state index < -0.39 is 12.3 Å². The first-order chi connectivity index (χ1) is 5.97. The van der Waals surface area contributed by atoms with Crippen molar-refractivity contribution in [2.75, 3.05) is 24.6 Å². The zero-order valence-electron chi connectivity index (χ0n) is 8.95. The Balaban J connectivity index is 0. The number of hydrogen-bond acceptors (Lipinski definition) is 3. The van der Waals surface area contributed by atoms with Crippen LogP contribution in [0.2, 0.25) is 0 Å². The van der Waals surface area contributed by atoms with E-state index in [-0.39, 0.29) is 0 Å². The Morgan fingerprint density at radius 3 is 1.08 bits per heavy atom. The van der Waals surface area contributed by atoms with Gasteiger partial charge in [0.05, 0.1) is 29.7 Å². The molecule has 80 valence electrons. The third-order valence-corrected chi connectivity index (χ3v) is 8.05. The van der Waals surface area contributed by atoms with E-state index in [0.717, 1.165) is 0 Å². The molecule has 0 unspecified atom stereocenters. The van der Waals surface area contributed by atoms with Crippen LogP contribution in [0.4, 0.5) is 0 Å². The van der Waals surface area contributed by atoms with E-state index in [0.29, 0.717) is 0 Å². The molecule has 0 aromatic carbocycles. The maximum Gasteiger partial charge on any atom is 0.0689 e. The highest BCUT2D eigenvalue weighted by Crippen LogP contribution is 2.57. The smallest absolute Gasteiger partial charge is 0.0689 e. The molecule has 5 heteroatoms. The summed E-state index contributed by atoms with van der Waals surface area (Å²) in [6.45, 7) is 9.41. The predicted octanol–water partition coefficient (Wildman–Crippen LogP) is 2.84. The summed E-state index contributed by atoms with van der Waals surface area (Å²) >= 11 is 0. The van der Waals surface area contributed by atoms with Crippen molar-refractivity contribution in [1.29, 1.82) is 0 Å². The Morgan fingerprint density at radius 2 is 1.08 bits per heavy atom. The van der Waals surface area contributed by atoms with E-state index >= 15 is 0 Å². The zero-order chi connectivity index (χ0) is 10.9. The maximum atomic E-state index is 8.25. The van der Waals surface area contributed by atoms with Gasteiger partial charge >= 0.3 is 0 Å². The molecule has 0 heterocycles. The Hall–Kier alpha value is -0.370. The van der Waals surface area contributed by atoms with Crippen LogP contribution < -0.4 is 0 Å². The molecule has 0 spiro atoms. The van der Waals surface area contributed by atoms with Crippen LogP contribution in [0.25, 0.3) is 0 Å². The van der Waals surface area contributed by atoms with Gasteiger partial charge in [0, 0.05) is 7.26 Å². The van der Waals surface area contributed by atoms with Gasteiger partial charge in [-0.2, -0.15) is 0 Å². The Morgan fingerprint density at radius 1 is 0.923 bits per heavy atom. The fourth-order valence-electron chi connectivity index (χ4n) is 1.34. The second-order valence-electron chi connectivity index (χ2n) is 2.83. The zero-order valence-corrected chi connectivity index (χ0v) is 9.84. The summed E-state index contributed by atoms with van der Waals surface area (Å²) in [7, 11) is -0.420. The van der Waals surface area contributed by atoms with E-state index in [1.54, 1.807) is 0 Å². The van der Waals surface area contributed by atoms with Crippen LogP contribution in [0, 0.1) is 15.3 Å². The highest BCUT2D eigenvalue weighted by Gasteiger charge is 2.27. The molecule has 0 fully saturated rings. The van der Waals surface area contributed by atoms with E-state index in [4.69, 9.17) is 15.3 Å². The van der Waals surface area contributed by atoms with Crippen molar-refractivity contribution in [1.82, 2.24) is 0 Å². The Labute approximate surface area is 80.8 Å². The van der Waals surface area contributed by atoms with Gasteiger partial charge < -0.3 is 15.3 Å². The van der Waals surface area contributed by atoms with Gasteiger partial charge in [0.2, 0.25) is 0 Å². The minimum absolute atomic E-state index is 0.420. The lowest BCUT2D eigenvalue weighted by atomic mass is 10.9. The predicted molar refractivity (Wildman–Crippen MR) is 59.4 cm³/mol. The maximum absolute atomic E-state index is 8.25. The third-order valence-electron chi connectivity index (χ3n) is 2.68. The van der Waals surface area contributed by atoms with E-state index in [1.165, 1.54) is 24.6 Å². The van der Waals surface area contributed by atoms with Crippen LogP contribution in [0.3, 0.4) is 0 Å². The second kappa shape index (κ2) is 8.24. The van der Waals surface area contributed by atoms with Gasteiger partial charge in [-0.3, -0.25) is 0 Å². The molecule has 0 aliphatic rings. The molecule has 13 heavy (non-hydrogen) atoms. The molecule has 0 aromatic heterocycles. The van der Waals surface area contributed by atoms with Crippen molar-refractivity contribution in [2.24, 2.45) is 0 Å². The van der Waals surface area contributed by atoms with Crippen LogP contribution in [0.5, 0.6) is 0 Å². The molecule has 0 aromatic rings. The average molecular weight is 209 g/mol. The van der Waals surface area contributed by atoms with Crippen molar-refractivity contribution >= 4 is 7.26 Å².